The maximum Gasteiger partial charge on any atom is 0.331 e. The lowest BCUT2D eigenvalue weighted by Crippen LogP contribution is -2.39. The van der Waals surface area contributed by atoms with Crippen LogP contribution in [0.1, 0.15) is 21.7 Å². The van der Waals surface area contributed by atoms with E-state index < -0.39 is 0 Å². The van der Waals surface area contributed by atoms with Gasteiger partial charge in [-0.15, -0.1) is 11.3 Å². The van der Waals surface area contributed by atoms with Gasteiger partial charge >= 0.3 is 6.03 Å². The number of hydrogen-bond donors (Lipinski definition) is 2. The largest absolute Gasteiger partial charge is 0.497 e. The molecule has 2 aliphatic rings. The Labute approximate surface area is 200 Å². The minimum atomic E-state index is -0.357. The van der Waals surface area contributed by atoms with Crippen LogP contribution in [0.4, 0.5) is 21.9 Å². The lowest BCUT2D eigenvalue weighted by molar-refractivity contribution is -0.125. The van der Waals surface area contributed by atoms with Crippen molar-refractivity contribution in [3.05, 3.63) is 53.6 Å². The third-order valence-corrected chi connectivity index (χ3v) is 7.20. The van der Waals surface area contributed by atoms with Crippen LogP contribution >= 0.6 is 11.3 Å². The van der Waals surface area contributed by atoms with Gasteiger partial charge in [0.25, 0.3) is 5.91 Å². The molecule has 0 spiro atoms. The number of carbonyl (C=O) groups is 3. The van der Waals surface area contributed by atoms with Crippen molar-refractivity contribution in [1.82, 2.24) is 15.2 Å². The van der Waals surface area contributed by atoms with Crippen LogP contribution in [-0.2, 0) is 4.79 Å². The average molecular weight is 478 g/mol. The molecule has 1 fully saturated rings. The van der Waals surface area contributed by atoms with E-state index in [4.69, 9.17) is 4.74 Å². The zero-order chi connectivity index (χ0) is 24.0. The minimum Gasteiger partial charge on any atom is -0.497 e. The molecule has 0 saturated carbocycles. The first kappa shape index (κ1) is 21.9. The van der Waals surface area contributed by atoms with Crippen molar-refractivity contribution < 1.29 is 19.1 Å². The highest BCUT2D eigenvalue weighted by molar-refractivity contribution is 7.21. The van der Waals surface area contributed by atoms with Gasteiger partial charge in [-0.1, -0.05) is 6.58 Å². The Bertz CT molecular complexity index is 1350. The highest BCUT2D eigenvalue weighted by Gasteiger charge is 2.34. The fourth-order valence-electron chi connectivity index (χ4n) is 4.45. The number of urea groups is 1. The summed E-state index contributed by atoms with van der Waals surface area (Å²) in [6, 6.07) is 6.76. The molecule has 2 N–H and O–H groups in total. The van der Waals surface area contributed by atoms with Gasteiger partial charge in [0.05, 0.1) is 29.6 Å². The van der Waals surface area contributed by atoms with E-state index in [-0.39, 0.29) is 23.9 Å². The number of amides is 4. The monoisotopic (exact) mass is 477 g/mol. The van der Waals surface area contributed by atoms with E-state index in [0.717, 1.165) is 10.9 Å². The molecule has 2 aromatic heterocycles. The number of ether oxygens (including phenoxy) is 1. The van der Waals surface area contributed by atoms with Crippen LogP contribution in [0.25, 0.3) is 10.2 Å². The summed E-state index contributed by atoms with van der Waals surface area (Å²) in [4.78, 5) is 47.0. The average Bonchev–Trinajstić information content (AvgIpc) is 3.45. The van der Waals surface area contributed by atoms with Crippen molar-refractivity contribution in [1.29, 1.82) is 0 Å². The number of carbonyl (C=O) groups excluding carboxylic acids is 3. The summed E-state index contributed by atoms with van der Waals surface area (Å²) < 4.78 is 5.29. The van der Waals surface area contributed by atoms with Gasteiger partial charge in [0.15, 0.2) is 0 Å². The van der Waals surface area contributed by atoms with Crippen LogP contribution in [0.2, 0.25) is 0 Å². The molecule has 1 aromatic carbocycles. The van der Waals surface area contributed by atoms with Gasteiger partial charge in [-0.05, 0) is 49.2 Å². The molecule has 1 saturated heterocycles. The Kier molecular flexibility index (Phi) is 5.45. The van der Waals surface area contributed by atoms with E-state index in [2.05, 4.69) is 22.2 Å². The molecule has 174 valence electrons. The topological polar surface area (TPSA) is 104 Å². The first-order valence-electron chi connectivity index (χ1n) is 10.8. The fraction of sp³-hybridized carbons (Fsp3) is 0.250. The predicted octanol–water partition coefficient (Wildman–Crippen LogP) is 3.81. The maximum atomic E-state index is 13.3. The fourth-order valence-corrected chi connectivity index (χ4v) is 5.47. The summed E-state index contributed by atoms with van der Waals surface area (Å²) in [5, 5.41) is 6.63. The maximum absolute atomic E-state index is 13.3. The van der Waals surface area contributed by atoms with Crippen LogP contribution in [0.15, 0.2) is 43.1 Å². The molecule has 0 bridgehead atoms. The number of anilines is 3. The first-order valence-corrected chi connectivity index (χ1v) is 11.6. The summed E-state index contributed by atoms with van der Waals surface area (Å²) in [7, 11) is 1.60. The zero-order valence-corrected chi connectivity index (χ0v) is 19.6. The summed E-state index contributed by atoms with van der Waals surface area (Å²) >= 11 is 1.23. The number of thiophene rings is 1. The molecular formula is C24H23N5O4S. The van der Waals surface area contributed by atoms with E-state index in [1.165, 1.54) is 17.4 Å². The Hall–Kier alpha value is -3.92. The summed E-state index contributed by atoms with van der Waals surface area (Å²) in [5.41, 5.74) is 2.71. The normalized spacial score (nSPS) is 17.0. The number of benzene rings is 1. The van der Waals surface area contributed by atoms with Crippen molar-refractivity contribution in [3.63, 3.8) is 0 Å². The van der Waals surface area contributed by atoms with Crippen molar-refractivity contribution >= 4 is 56.5 Å². The van der Waals surface area contributed by atoms with Gasteiger partial charge < -0.3 is 20.3 Å². The second-order valence-corrected chi connectivity index (χ2v) is 9.18. The minimum absolute atomic E-state index is 0.149. The Morgan fingerprint density at radius 2 is 2.15 bits per heavy atom. The molecule has 34 heavy (non-hydrogen) atoms. The van der Waals surface area contributed by atoms with E-state index in [0.29, 0.717) is 52.0 Å². The SMILES string of the molecule is C=CC(=O)N1CCC(NC(=O)c2sc3nccc4c3c2NC(=O)N4c2ccc(OC)cc2C)C1. The highest BCUT2D eigenvalue weighted by atomic mass is 32.1. The van der Waals surface area contributed by atoms with E-state index >= 15 is 0 Å². The van der Waals surface area contributed by atoms with Gasteiger partial charge in [0.2, 0.25) is 5.91 Å². The number of methoxy groups -OCH3 is 1. The molecule has 10 heteroatoms. The van der Waals surface area contributed by atoms with Crippen LogP contribution < -0.4 is 20.3 Å². The second-order valence-electron chi connectivity index (χ2n) is 8.18. The second kappa shape index (κ2) is 8.45. The Morgan fingerprint density at radius 1 is 1.32 bits per heavy atom. The van der Waals surface area contributed by atoms with Crippen molar-refractivity contribution in [2.75, 3.05) is 30.4 Å². The van der Waals surface area contributed by atoms with Crippen LogP contribution in [-0.4, -0.2) is 54.0 Å². The van der Waals surface area contributed by atoms with Crippen LogP contribution in [0.3, 0.4) is 0 Å². The van der Waals surface area contributed by atoms with E-state index in [1.807, 2.05) is 19.1 Å². The Balaban J connectivity index is 1.49. The number of rotatable bonds is 5. The van der Waals surface area contributed by atoms with Gasteiger partial charge in [0.1, 0.15) is 15.5 Å². The molecule has 1 unspecified atom stereocenters. The summed E-state index contributed by atoms with van der Waals surface area (Å²) in [5.74, 6) is 0.258. The molecule has 3 aromatic rings. The smallest absolute Gasteiger partial charge is 0.331 e. The molecular weight excluding hydrogens is 454 g/mol. The van der Waals surface area contributed by atoms with Crippen LogP contribution in [0.5, 0.6) is 5.75 Å². The summed E-state index contributed by atoms with van der Waals surface area (Å²) in [6.07, 6.45) is 3.57. The number of likely N-dealkylation sites (tertiary alicyclic amines) is 1. The predicted molar refractivity (Wildman–Crippen MR) is 131 cm³/mol. The molecule has 5 rings (SSSR count). The molecule has 1 atom stereocenters. The molecule has 4 heterocycles. The molecule has 0 radical (unpaired) electrons. The van der Waals surface area contributed by atoms with Crippen molar-refractivity contribution in [2.45, 2.75) is 19.4 Å². The summed E-state index contributed by atoms with van der Waals surface area (Å²) in [6.45, 7) is 6.42. The number of aromatic nitrogens is 1. The lowest BCUT2D eigenvalue weighted by atomic mass is 10.1. The van der Waals surface area contributed by atoms with Gasteiger partial charge in [-0.2, -0.15) is 0 Å². The van der Waals surface area contributed by atoms with Crippen LogP contribution in [0, 0.1) is 6.92 Å². The number of hydrogen-bond acceptors (Lipinski definition) is 6. The molecule has 2 aliphatic heterocycles. The number of nitrogens with zero attached hydrogens (tertiary/aromatic N) is 3. The third-order valence-electron chi connectivity index (χ3n) is 6.11. The van der Waals surface area contributed by atoms with Gasteiger partial charge in [-0.3, -0.25) is 14.5 Å². The lowest BCUT2D eigenvalue weighted by Gasteiger charge is -2.29. The standard InChI is InChI=1S/C24H23N5O4S/c1-4-18(30)28-10-8-14(12-28)26-22(31)21-20-19-17(7-9-25-23(19)34-21)29(24(32)27-20)16-6-5-15(33-3)11-13(16)2/h4-7,9,11,14H,1,8,10,12H2,2-3H3,(H,26,31)(H,27,32). The number of nitrogens with one attached hydrogen (secondary N) is 2. The Morgan fingerprint density at radius 3 is 2.88 bits per heavy atom. The number of pyridine rings is 1. The van der Waals surface area contributed by atoms with Crippen molar-refractivity contribution in [3.8, 4) is 5.75 Å². The highest BCUT2D eigenvalue weighted by Crippen LogP contribution is 2.46. The third kappa shape index (κ3) is 3.56. The number of aryl methyl sites for hydroxylation is 1. The van der Waals surface area contributed by atoms with Gasteiger partial charge in [-0.25, -0.2) is 9.78 Å². The van der Waals surface area contributed by atoms with Gasteiger partial charge in [0, 0.05) is 25.3 Å². The molecule has 0 aliphatic carbocycles. The zero-order valence-electron chi connectivity index (χ0n) is 18.8. The molecule has 9 nitrogen and oxygen atoms in total. The van der Waals surface area contributed by atoms with E-state index in [1.54, 1.807) is 35.2 Å². The van der Waals surface area contributed by atoms with Crippen molar-refractivity contribution in [2.24, 2.45) is 0 Å². The molecule has 4 amide bonds. The first-order chi connectivity index (χ1) is 16.4. The quantitative estimate of drug-likeness (QED) is 0.544. The van der Waals surface area contributed by atoms with E-state index in [9.17, 15) is 14.4 Å².